The van der Waals surface area contributed by atoms with Crippen molar-refractivity contribution in [1.82, 2.24) is 4.90 Å². The molecule has 1 fully saturated rings. The first kappa shape index (κ1) is 13.0. The van der Waals surface area contributed by atoms with Gasteiger partial charge in [0.25, 0.3) is 0 Å². The Bertz CT molecular complexity index is 398. The molecule has 1 aliphatic heterocycles. The molecule has 1 saturated heterocycles. The zero-order valence-electron chi connectivity index (χ0n) is 11.5. The van der Waals surface area contributed by atoms with Gasteiger partial charge in [0, 0.05) is 37.9 Å². The van der Waals surface area contributed by atoms with E-state index < -0.39 is 0 Å². The van der Waals surface area contributed by atoms with Crippen LogP contribution in [0, 0.1) is 0 Å². The lowest BCUT2D eigenvalue weighted by Crippen LogP contribution is -2.49. The highest BCUT2D eigenvalue weighted by Crippen LogP contribution is 2.31. The number of rotatable bonds is 3. The molecule has 0 aliphatic carbocycles. The molecule has 2 rings (SSSR count). The summed E-state index contributed by atoms with van der Waals surface area (Å²) in [6.07, 6.45) is 0. The van der Waals surface area contributed by atoms with Gasteiger partial charge in [-0.05, 0) is 32.0 Å². The highest BCUT2D eigenvalue weighted by atomic mass is 16.5. The first-order chi connectivity index (χ1) is 8.61. The predicted octanol–water partition coefficient (Wildman–Crippen LogP) is 1.81. The summed E-state index contributed by atoms with van der Waals surface area (Å²) < 4.78 is 5.42. The van der Waals surface area contributed by atoms with Crippen LogP contribution in [0.15, 0.2) is 18.2 Å². The van der Waals surface area contributed by atoms with Gasteiger partial charge in [0.05, 0.1) is 12.8 Å². The van der Waals surface area contributed by atoms with E-state index in [1.807, 2.05) is 18.2 Å². The van der Waals surface area contributed by atoms with Gasteiger partial charge in [0.2, 0.25) is 0 Å². The number of hydrogen-bond acceptors (Lipinski definition) is 4. The third-order valence-electron chi connectivity index (χ3n) is 3.59. The molecule has 0 spiro atoms. The van der Waals surface area contributed by atoms with Gasteiger partial charge in [-0.2, -0.15) is 0 Å². The second kappa shape index (κ2) is 5.48. The Morgan fingerprint density at radius 3 is 2.39 bits per heavy atom. The second-order valence-electron chi connectivity index (χ2n) is 5.05. The Morgan fingerprint density at radius 1 is 1.17 bits per heavy atom. The van der Waals surface area contributed by atoms with Crippen LogP contribution in [0.1, 0.15) is 13.8 Å². The van der Waals surface area contributed by atoms with Gasteiger partial charge < -0.3 is 15.4 Å². The standard InChI is InChI=1S/C14H23N3O/c1-11(2)16-6-8-17(9-7-16)13-10-12(15)4-5-14(13)18-3/h4-5,10-11H,6-9,15H2,1-3H3. The van der Waals surface area contributed by atoms with Gasteiger partial charge in [-0.25, -0.2) is 0 Å². The van der Waals surface area contributed by atoms with E-state index in [0.29, 0.717) is 6.04 Å². The number of nitrogen functional groups attached to an aromatic ring is 1. The van der Waals surface area contributed by atoms with E-state index in [-0.39, 0.29) is 0 Å². The van der Waals surface area contributed by atoms with Gasteiger partial charge >= 0.3 is 0 Å². The molecule has 0 saturated carbocycles. The lowest BCUT2D eigenvalue weighted by molar-refractivity contribution is 0.209. The predicted molar refractivity (Wildman–Crippen MR) is 76.3 cm³/mol. The third kappa shape index (κ3) is 2.70. The smallest absolute Gasteiger partial charge is 0.142 e. The molecule has 1 aromatic rings. The van der Waals surface area contributed by atoms with Crippen molar-refractivity contribution in [3.05, 3.63) is 18.2 Å². The summed E-state index contributed by atoms with van der Waals surface area (Å²) in [5.41, 5.74) is 7.77. The van der Waals surface area contributed by atoms with Crippen molar-refractivity contribution in [3.63, 3.8) is 0 Å². The SMILES string of the molecule is COc1ccc(N)cc1N1CCN(C(C)C)CC1. The van der Waals surface area contributed by atoms with E-state index in [2.05, 4.69) is 23.6 Å². The van der Waals surface area contributed by atoms with Gasteiger partial charge in [-0.15, -0.1) is 0 Å². The zero-order valence-corrected chi connectivity index (χ0v) is 11.5. The molecule has 0 unspecified atom stereocenters. The number of piperazine rings is 1. The minimum absolute atomic E-state index is 0.620. The van der Waals surface area contributed by atoms with E-state index in [1.54, 1.807) is 7.11 Å². The van der Waals surface area contributed by atoms with Crippen molar-refractivity contribution < 1.29 is 4.74 Å². The lowest BCUT2D eigenvalue weighted by Gasteiger charge is -2.38. The van der Waals surface area contributed by atoms with Crippen molar-refractivity contribution in [3.8, 4) is 5.75 Å². The van der Waals surface area contributed by atoms with Crippen LogP contribution < -0.4 is 15.4 Å². The fraction of sp³-hybridized carbons (Fsp3) is 0.571. The largest absolute Gasteiger partial charge is 0.495 e. The molecular formula is C14H23N3O. The van der Waals surface area contributed by atoms with Crippen LogP contribution >= 0.6 is 0 Å². The molecule has 2 N–H and O–H groups in total. The Morgan fingerprint density at radius 2 is 1.83 bits per heavy atom. The first-order valence-electron chi connectivity index (χ1n) is 6.54. The van der Waals surface area contributed by atoms with Gasteiger partial charge in [0.1, 0.15) is 5.75 Å². The Hall–Kier alpha value is -1.42. The van der Waals surface area contributed by atoms with E-state index >= 15 is 0 Å². The quantitative estimate of drug-likeness (QED) is 0.830. The van der Waals surface area contributed by atoms with Crippen LogP contribution in [0.2, 0.25) is 0 Å². The summed E-state index contributed by atoms with van der Waals surface area (Å²) in [6.45, 7) is 8.73. The summed E-state index contributed by atoms with van der Waals surface area (Å²) in [5, 5.41) is 0. The van der Waals surface area contributed by atoms with E-state index in [4.69, 9.17) is 10.5 Å². The summed E-state index contributed by atoms with van der Waals surface area (Å²) in [7, 11) is 1.71. The van der Waals surface area contributed by atoms with Crippen LogP contribution in [0.3, 0.4) is 0 Å². The molecule has 1 heterocycles. The number of anilines is 2. The fourth-order valence-electron chi connectivity index (χ4n) is 2.43. The highest BCUT2D eigenvalue weighted by Gasteiger charge is 2.21. The second-order valence-corrected chi connectivity index (χ2v) is 5.05. The molecule has 0 amide bonds. The number of ether oxygens (including phenoxy) is 1. The molecule has 1 aromatic carbocycles. The fourth-order valence-corrected chi connectivity index (χ4v) is 2.43. The highest BCUT2D eigenvalue weighted by molar-refractivity contribution is 5.65. The van der Waals surface area contributed by atoms with Gasteiger partial charge in [0.15, 0.2) is 0 Å². The van der Waals surface area contributed by atoms with Crippen molar-refractivity contribution in [2.75, 3.05) is 43.9 Å². The Kier molecular flexibility index (Phi) is 3.97. The van der Waals surface area contributed by atoms with Gasteiger partial charge in [-0.1, -0.05) is 0 Å². The van der Waals surface area contributed by atoms with Crippen LogP contribution in [-0.4, -0.2) is 44.2 Å². The van der Waals surface area contributed by atoms with Crippen molar-refractivity contribution in [2.24, 2.45) is 0 Å². The number of benzene rings is 1. The molecule has 4 nitrogen and oxygen atoms in total. The van der Waals surface area contributed by atoms with Crippen molar-refractivity contribution in [2.45, 2.75) is 19.9 Å². The number of hydrogen-bond donors (Lipinski definition) is 1. The topological polar surface area (TPSA) is 41.7 Å². The maximum Gasteiger partial charge on any atom is 0.142 e. The van der Waals surface area contributed by atoms with Crippen molar-refractivity contribution >= 4 is 11.4 Å². The van der Waals surface area contributed by atoms with E-state index in [1.165, 1.54) is 0 Å². The third-order valence-corrected chi connectivity index (χ3v) is 3.59. The first-order valence-corrected chi connectivity index (χ1v) is 6.54. The zero-order chi connectivity index (χ0) is 13.1. The minimum atomic E-state index is 0.620. The molecule has 100 valence electrons. The monoisotopic (exact) mass is 249 g/mol. The van der Waals surface area contributed by atoms with Gasteiger partial charge in [-0.3, -0.25) is 4.90 Å². The molecular weight excluding hydrogens is 226 g/mol. The average molecular weight is 249 g/mol. The van der Waals surface area contributed by atoms with Crippen molar-refractivity contribution in [1.29, 1.82) is 0 Å². The van der Waals surface area contributed by atoms with Crippen LogP contribution in [0.25, 0.3) is 0 Å². The molecule has 0 aromatic heterocycles. The lowest BCUT2D eigenvalue weighted by atomic mass is 10.2. The summed E-state index contributed by atoms with van der Waals surface area (Å²) in [4.78, 5) is 4.85. The summed E-state index contributed by atoms with van der Waals surface area (Å²) in [6, 6.07) is 6.45. The maximum absolute atomic E-state index is 5.87. The molecule has 0 radical (unpaired) electrons. The van der Waals surface area contributed by atoms with E-state index in [0.717, 1.165) is 43.3 Å². The Balaban J connectivity index is 2.11. The maximum atomic E-state index is 5.87. The molecule has 1 aliphatic rings. The molecule has 0 bridgehead atoms. The number of nitrogens with two attached hydrogens (primary N) is 1. The Labute approximate surface area is 109 Å². The van der Waals surface area contributed by atoms with Crippen LogP contribution in [-0.2, 0) is 0 Å². The molecule has 0 atom stereocenters. The normalized spacial score (nSPS) is 17.2. The van der Waals surface area contributed by atoms with E-state index in [9.17, 15) is 0 Å². The number of nitrogens with zero attached hydrogens (tertiary/aromatic N) is 2. The number of methoxy groups -OCH3 is 1. The molecule has 18 heavy (non-hydrogen) atoms. The van der Waals surface area contributed by atoms with Crippen LogP contribution in [0.4, 0.5) is 11.4 Å². The molecule has 4 heteroatoms. The summed E-state index contributed by atoms with van der Waals surface area (Å²) >= 11 is 0. The van der Waals surface area contributed by atoms with Crippen LogP contribution in [0.5, 0.6) is 5.75 Å². The summed E-state index contributed by atoms with van der Waals surface area (Å²) in [5.74, 6) is 0.905. The average Bonchev–Trinajstić information content (AvgIpc) is 2.39. The minimum Gasteiger partial charge on any atom is -0.495 e.